The van der Waals surface area contributed by atoms with Crippen molar-refractivity contribution in [1.82, 2.24) is 0 Å². The number of rotatable bonds is 2. The van der Waals surface area contributed by atoms with Gasteiger partial charge in [-0.05, 0) is 0 Å². The fourth-order valence-electron chi connectivity index (χ4n) is 1.24. The van der Waals surface area contributed by atoms with Crippen molar-refractivity contribution in [3.05, 3.63) is 0 Å². The van der Waals surface area contributed by atoms with Crippen LogP contribution in [0.5, 0.6) is 0 Å². The van der Waals surface area contributed by atoms with Crippen molar-refractivity contribution in [3.63, 3.8) is 0 Å². The maximum absolute atomic E-state index is 2.21. The fraction of sp³-hybridized carbons (Fsp3) is 1.00. The fourth-order valence-corrected chi connectivity index (χ4v) is 1.24. The monoisotopic (exact) mass is 202 g/mol. The molecule has 0 aliphatic heterocycles. The van der Waals surface area contributed by atoms with E-state index in [1.165, 1.54) is 51.4 Å². The summed E-state index contributed by atoms with van der Waals surface area (Å²) in [5, 5.41) is 0. The Morgan fingerprint density at radius 3 is 0.857 bits per heavy atom. The van der Waals surface area contributed by atoms with Gasteiger partial charge in [-0.25, -0.2) is 0 Å². The van der Waals surface area contributed by atoms with E-state index in [0.29, 0.717) is 0 Å². The van der Waals surface area contributed by atoms with Crippen LogP contribution in [0.25, 0.3) is 0 Å². The minimum absolute atomic E-state index is 1.34. The normalized spacial score (nSPS) is 12.4. The van der Waals surface area contributed by atoms with E-state index < -0.39 is 0 Å². The van der Waals surface area contributed by atoms with E-state index in [1.807, 2.05) is 27.7 Å². The molecule has 0 unspecified atom stereocenters. The first kappa shape index (κ1) is 19.6. The predicted molar refractivity (Wildman–Crippen MR) is 71.0 cm³/mol. The number of unbranched alkanes of at least 4 members (excludes halogenated alkanes) is 2. The Labute approximate surface area is 93.5 Å². The van der Waals surface area contributed by atoms with Crippen molar-refractivity contribution < 1.29 is 0 Å². The van der Waals surface area contributed by atoms with E-state index in [0.717, 1.165) is 0 Å². The largest absolute Gasteiger partial charge is 0.0683 e. The second-order valence-corrected chi connectivity index (χ2v) is 3.12. The molecule has 1 rings (SSSR count). The van der Waals surface area contributed by atoms with Gasteiger partial charge in [0, 0.05) is 0 Å². The van der Waals surface area contributed by atoms with Gasteiger partial charge in [0.2, 0.25) is 0 Å². The molecule has 0 aromatic carbocycles. The standard InChI is InChI=1S/C5H10.C5H12.2C2H6/c1-2-4-5-3-1;1-3-5-4-2;2*1-2/h1-5H2;3-5H2,1-2H3;2*1-2H3. The highest BCUT2D eigenvalue weighted by Gasteiger charge is 1.95. The molecule has 0 saturated heterocycles. The first-order valence-electron chi connectivity index (χ1n) is 6.91. The summed E-state index contributed by atoms with van der Waals surface area (Å²) < 4.78 is 0. The summed E-state index contributed by atoms with van der Waals surface area (Å²) in [6, 6.07) is 0. The van der Waals surface area contributed by atoms with Gasteiger partial charge in [-0.2, -0.15) is 0 Å². The molecule has 0 N–H and O–H groups in total. The van der Waals surface area contributed by atoms with Crippen LogP contribution in [0.3, 0.4) is 0 Å². The lowest BCUT2D eigenvalue weighted by atomic mass is 10.3. The van der Waals surface area contributed by atoms with Crippen molar-refractivity contribution in [2.45, 2.75) is 92.9 Å². The summed E-state index contributed by atoms with van der Waals surface area (Å²) in [7, 11) is 0. The van der Waals surface area contributed by atoms with Crippen molar-refractivity contribution in [3.8, 4) is 0 Å². The Balaban J connectivity index is -0.000000128. The highest BCUT2D eigenvalue weighted by molar-refractivity contribution is 4.51. The Morgan fingerprint density at radius 1 is 0.571 bits per heavy atom. The second-order valence-electron chi connectivity index (χ2n) is 3.12. The third-order valence-electron chi connectivity index (χ3n) is 1.96. The molecule has 0 heteroatoms. The van der Waals surface area contributed by atoms with E-state index in [-0.39, 0.29) is 0 Å². The minimum Gasteiger partial charge on any atom is -0.0683 e. The van der Waals surface area contributed by atoms with Crippen LogP contribution in [0.1, 0.15) is 92.9 Å². The van der Waals surface area contributed by atoms with Crippen molar-refractivity contribution in [2.75, 3.05) is 0 Å². The first-order valence-corrected chi connectivity index (χ1v) is 6.91. The van der Waals surface area contributed by atoms with Crippen LogP contribution in [0.15, 0.2) is 0 Å². The third kappa shape index (κ3) is 29.6. The Morgan fingerprint density at radius 2 is 0.786 bits per heavy atom. The minimum atomic E-state index is 1.34. The summed E-state index contributed by atoms with van der Waals surface area (Å²) in [5.74, 6) is 0. The van der Waals surface area contributed by atoms with Crippen molar-refractivity contribution >= 4 is 0 Å². The zero-order chi connectivity index (χ0) is 11.7. The molecule has 1 saturated carbocycles. The van der Waals surface area contributed by atoms with Gasteiger partial charge >= 0.3 is 0 Å². The Kier molecular flexibility index (Phi) is 40.9. The maximum atomic E-state index is 2.21. The molecule has 1 aliphatic carbocycles. The lowest BCUT2D eigenvalue weighted by Crippen LogP contribution is -1.59. The highest BCUT2D eigenvalue weighted by Crippen LogP contribution is 2.15. The van der Waals surface area contributed by atoms with Crippen LogP contribution in [0.4, 0.5) is 0 Å². The SMILES string of the molecule is C1CCCC1.CC.CC.CCCCC. The summed E-state index contributed by atoms with van der Waals surface area (Å²) >= 11 is 0. The predicted octanol–water partition coefficient (Wildman–Crippen LogP) is 6.20. The molecule has 0 heterocycles. The molecular weight excluding hydrogens is 168 g/mol. The van der Waals surface area contributed by atoms with Gasteiger partial charge in [-0.15, -0.1) is 0 Å². The maximum Gasteiger partial charge on any atom is -0.0533 e. The lowest BCUT2D eigenvalue weighted by Gasteiger charge is -1.79. The van der Waals surface area contributed by atoms with Gasteiger partial charge in [0.25, 0.3) is 0 Å². The van der Waals surface area contributed by atoms with Gasteiger partial charge < -0.3 is 0 Å². The van der Waals surface area contributed by atoms with Crippen LogP contribution in [0.2, 0.25) is 0 Å². The molecule has 0 bridgehead atoms. The van der Waals surface area contributed by atoms with Crippen LogP contribution >= 0.6 is 0 Å². The van der Waals surface area contributed by atoms with Crippen LogP contribution in [-0.4, -0.2) is 0 Å². The van der Waals surface area contributed by atoms with Crippen LogP contribution < -0.4 is 0 Å². The molecule has 0 aromatic rings. The van der Waals surface area contributed by atoms with Crippen LogP contribution in [0, 0.1) is 0 Å². The van der Waals surface area contributed by atoms with E-state index >= 15 is 0 Å². The van der Waals surface area contributed by atoms with Crippen molar-refractivity contribution in [2.24, 2.45) is 0 Å². The molecule has 0 nitrogen and oxygen atoms in total. The highest BCUT2D eigenvalue weighted by atomic mass is 14.0. The lowest BCUT2D eigenvalue weighted by molar-refractivity contribution is 0.772. The van der Waals surface area contributed by atoms with Gasteiger partial charge in [-0.3, -0.25) is 0 Å². The quantitative estimate of drug-likeness (QED) is 0.500. The molecule has 1 aliphatic rings. The molecule has 90 valence electrons. The smallest absolute Gasteiger partial charge is 0.0533 e. The van der Waals surface area contributed by atoms with Gasteiger partial charge in [0.1, 0.15) is 0 Å². The molecule has 1 fully saturated rings. The molecular formula is C14H34. The van der Waals surface area contributed by atoms with E-state index in [4.69, 9.17) is 0 Å². The van der Waals surface area contributed by atoms with E-state index in [1.54, 1.807) is 0 Å². The molecule has 0 radical (unpaired) electrons. The molecule has 0 atom stereocenters. The summed E-state index contributed by atoms with van der Waals surface area (Å²) in [4.78, 5) is 0. The third-order valence-corrected chi connectivity index (χ3v) is 1.96. The summed E-state index contributed by atoms with van der Waals surface area (Å²) in [6.07, 6.45) is 11.6. The first-order chi connectivity index (χ1) is 6.91. The van der Waals surface area contributed by atoms with Gasteiger partial charge in [0.05, 0.1) is 0 Å². The molecule has 14 heavy (non-hydrogen) atoms. The van der Waals surface area contributed by atoms with Crippen molar-refractivity contribution in [1.29, 1.82) is 0 Å². The zero-order valence-electron chi connectivity index (χ0n) is 11.7. The van der Waals surface area contributed by atoms with Gasteiger partial charge in [0.15, 0.2) is 0 Å². The average Bonchev–Trinajstić information content (AvgIpc) is 2.83. The average molecular weight is 202 g/mol. The molecule has 0 amide bonds. The zero-order valence-corrected chi connectivity index (χ0v) is 11.7. The number of hydrogen-bond acceptors (Lipinski definition) is 0. The summed E-state index contributed by atoms with van der Waals surface area (Å²) in [5.41, 5.74) is 0. The molecule has 0 spiro atoms. The van der Waals surface area contributed by atoms with E-state index in [9.17, 15) is 0 Å². The van der Waals surface area contributed by atoms with Crippen LogP contribution in [-0.2, 0) is 0 Å². The Hall–Kier alpha value is 0. The van der Waals surface area contributed by atoms with E-state index in [2.05, 4.69) is 13.8 Å². The van der Waals surface area contributed by atoms with Gasteiger partial charge in [-0.1, -0.05) is 92.9 Å². The number of hydrogen-bond donors (Lipinski definition) is 0. The Bertz CT molecular complexity index is 34.4. The summed E-state index contributed by atoms with van der Waals surface area (Å²) in [6.45, 7) is 12.4. The molecule has 0 aromatic heterocycles. The second kappa shape index (κ2) is 29.2. The topological polar surface area (TPSA) is 0 Å².